The van der Waals surface area contributed by atoms with Crippen LogP contribution < -0.4 is 4.72 Å². The summed E-state index contributed by atoms with van der Waals surface area (Å²) in [5.41, 5.74) is 0. The van der Waals surface area contributed by atoms with Crippen LogP contribution in [0.1, 0.15) is 19.3 Å². The second-order valence-corrected chi connectivity index (χ2v) is 5.64. The minimum absolute atomic E-state index is 0.0349. The van der Waals surface area contributed by atoms with E-state index in [4.69, 9.17) is 0 Å². The highest BCUT2D eigenvalue weighted by Crippen LogP contribution is 2.22. The zero-order valence-corrected chi connectivity index (χ0v) is 10.7. The molecule has 1 N–H and O–H groups in total. The molecule has 0 heterocycles. The minimum Gasteiger partial charge on any atom is -0.211 e. The normalized spacial score (nSPS) is 12.6. The van der Waals surface area contributed by atoms with E-state index in [1.807, 2.05) is 0 Å². The third-order valence-corrected chi connectivity index (χ3v) is 3.80. The molecule has 0 atom stereocenters. The molecule has 0 radical (unpaired) electrons. The topological polar surface area (TPSA) is 46.2 Å². The lowest BCUT2D eigenvalue weighted by atomic mass is 10.2. The molecule has 1 aromatic carbocycles. The summed E-state index contributed by atoms with van der Waals surface area (Å²) in [5.74, 6) is -0.898. The first-order chi connectivity index (χ1) is 8.72. The quantitative estimate of drug-likeness (QED) is 0.648. The molecule has 0 saturated heterocycles. The number of nitrogens with one attached hydrogen (secondary N) is 1. The average Bonchev–Trinajstić information content (AvgIpc) is 2.27. The van der Waals surface area contributed by atoms with Crippen molar-refractivity contribution in [2.24, 2.45) is 0 Å². The molecule has 0 bridgehead atoms. The Labute approximate surface area is 108 Å². The molecule has 0 saturated carbocycles. The standard InChI is InChI=1S/C11H13F4NO2S/c12-9-5-1-2-6-10(9)19(17,18)16-8-4-3-7-11(13,14)15/h1-2,5-6,16H,3-4,7-8H2. The Kier molecular flexibility index (Phi) is 5.30. The Morgan fingerprint density at radius 2 is 1.74 bits per heavy atom. The Morgan fingerprint density at radius 3 is 2.32 bits per heavy atom. The van der Waals surface area contributed by atoms with Gasteiger partial charge in [0, 0.05) is 13.0 Å². The van der Waals surface area contributed by atoms with Gasteiger partial charge in [-0.25, -0.2) is 17.5 Å². The van der Waals surface area contributed by atoms with E-state index in [2.05, 4.69) is 4.72 Å². The van der Waals surface area contributed by atoms with Crippen molar-refractivity contribution in [3.8, 4) is 0 Å². The van der Waals surface area contributed by atoms with Gasteiger partial charge in [0.05, 0.1) is 0 Å². The first-order valence-electron chi connectivity index (χ1n) is 5.53. The molecule has 3 nitrogen and oxygen atoms in total. The number of benzene rings is 1. The second-order valence-electron chi connectivity index (χ2n) is 3.90. The largest absolute Gasteiger partial charge is 0.389 e. The first kappa shape index (κ1) is 15.9. The van der Waals surface area contributed by atoms with Gasteiger partial charge in [0.2, 0.25) is 10.0 Å². The van der Waals surface area contributed by atoms with Crippen LogP contribution in [0.15, 0.2) is 29.2 Å². The maximum Gasteiger partial charge on any atom is 0.389 e. The van der Waals surface area contributed by atoms with Crippen LogP contribution in [0.2, 0.25) is 0 Å². The number of alkyl halides is 3. The fraction of sp³-hybridized carbons (Fsp3) is 0.455. The Hall–Kier alpha value is -1.15. The number of halogens is 4. The minimum atomic E-state index is -4.25. The van der Waals surface area contributed by atoms with Gasteiger partial charge in [0.25, 0.3) is 0 Å². The van der Waals surface area contributed by atoms with Crippen molar-refractivity contribution < 1.29 is 26.0 Å². The SMILES string of the molecule is O=S(=O)(NCCCCC(F)(F)F)c1ccccc1F. The van der Waals surface area contributed by atoms with Crippen LogP contribution in [0.4, 0.5) is 17.6 Å². The summed E-state index contributed by atoms with van der Waals surface area (Å²) >= 11 is 0. The van der Waals surface area contributed by atoms with Gasteiger partial charge in [0.15, 0.2) is 0 Å². The molecular formula is C11H13F4NO2S. The van der Waals surface area contributed by atoms with Crippen molar-refractivity contribution >= 4 is 10.0 Å². The molecule has 0 amide bonds. The van der Waals surface area contributed by atoms with Gasteiger partial charge in [-0.15, -0.1) is 0 Å². The van der Waals surface area contributed by atoms with Gasteiger partial charge in [-0.1, -0.05) is 12.1 Å². The van der Waals surface area contributed by atoms with Crippen LogP contribution in [0, 0.1) is 5.82 Å². The van der Waals surface area contributed by atoms with Gasteiger partial charge in [-0.3, -0.25) is 0 Å². The van der Waals surface area contributed by atoms with Gasteiger partial charge >= 0.3 is 6.18 Å². The van der Waals surface area contributed by atoms with Crippen molar-refractivity contribution in [3.05, 3.63) is 30.1 Å². The van der Waals surface area contributed by atoms with E-state index in [1.54, 1.807) is 0 Å². The second kappa shape index (κ2) is 6.33. The zero-order valence-electron chi connectivity index (χ0n) is 9.87. The molecule has 0 aliphatic carbocycles. The van der Waals surface area contributed by atoms with E-state index in [0.29, 0.717) is 0 Å². The predicted octanol–water partition coefficient (Wildman–Crippen LogP) is 2.84. The first-order valence-corrected chi connectivity index (χ1v) is 7.02. The van der Waals surface area contributed by atoms with E-state index in [0.717, 1.165) is 12.1 Å². The van der Waals surface area contributed by atoms with Crippen LogP contribution in [0.3, 0.4) is 0 Å². The van der Waals surface area contributed by atoms with Gasteiger partial charge in [-0.05, 0) is 25.0 Å². The highest BCUT2D eigenvalue weighted by atomic mass is 32.2. The molecule has 1 rings (SSSR count). The molecule has 0 aliphatic heterocycles. The van der Waals surface area contributed by atoms with Crippen molar-refractivity contribution in [2.75, 3.05) is 6.54 Å². The molecule has 0 aromatic heterocycles. The van der Waals surface area contributed by atoms with E-state index in [-0.39, 0.29) is 19.4 Å². The average molecular weight is 299 g/mol. The summed E-state index contributed by atoms with van der Waals surface area (Å²) < 4.78 is 74.1. The van der Waals surface area contributed by atoms with Crippen LogP contribution in [-0.2, 0) is 10.0 Å². The number of unbranched alkanes of at least 4 members (excludes halogenated alkanes) is 1. The summed E-state index contributed by atoms with van der Waals surface area (Å²) in [4.78, 5) is -0.508. The summed E-state index contributed by atoms with van der Waals surface area (Å²) in [7, 11) is -4.01. The van der Waals surface area contributed by atoms with Gasteiger partial charge < -0.3 is 0 Å². The summed E-state index contributed by atoms with van der Waals surface area (Å²) in [6, 6.07) is 4.80. The van der Waals surface area contributed by atoms with Crippen molar-refractivity contribution in [3.63, 3.8) is 0 Å². The number of sulfonamides is 1. The lowest BCUT2D eigenvalue weighted by Gasteiger charge is -2.08. The zero-order chi connectivity index (χ0) is 14.5. The molecule has 19 heavy (non-hydrogen) atoms. The fourth-order valence-corrected chi connectivity index (χ4v) is 2.55. The highest BCUT2D eigenvalue weighted by molar-refractivity contribution is 7.89. The van der Waals surface area contributed by atoms with Crippen molar-refractivity contribution in [2.45, 2.75) is 30.3 Å². The number of hydrogen-bond acceptors (Lipinski definition) is 2. The monoisotopic (exact) mass is 299 g/mol. The van der Waals surface area contributed by atoms with Crippen LogP contribution in [0.25, 0.3) is 0 Å². The maximum absolute atomic E-state index is 13.2. The van der Waals surface area contributed by atoms with E-state index < -0.39 is 33.3 Å². The summed E-state index contributed by atoms with van der Waals surface area (Å²) in [6.45, 7) is -0.160. The Balaban J connectivity index is 2.47. The third-order valence-electron chi connectivity index (χ3n) is 2.31. The predicted molar refractivity (Wildman–Crippen MR) is 61.5 cm³/mol. The van der Waals surface area contributed by atoms with Crippen molar-refractivity contribution in [1.29, 1.82) is 0 Å². The van der Waals surface area contributed by atoms with Gasteiger partial charge in [-0.2, -0.15) is 13.2 Å². The van der Waals surface area contributed by atoms with E-state index in [1.165, 1.54) is 12.1 Å². The molecule has 108 valence electrons. The Bertz CT molecular complexity index is 514. The van der Waals surface area contributed by atoms with E-state index >= 15 is 0 Å². The number of rotatable bonds is 6. The molecule has 0 fully saturated rings. The molecule has 0 aliphatic rings. The lowest BCUT2D eigenvalue weighted by Crippen LogP contribution is -2.25. The molecule has 0 unspecified atom stereocenters. The summed E-state index contributed by atoms with van der Waals surface area (Å²) in [6.07, 6.45) is -5.35. The van der Waals surface area contributed by atoms with Crippen LogP contribution in [-0.4, -0.2) is 21.1 Å². The summed E-state index contributed by atoms with van der Waals surface area (Å²) in [5, 5.41) is 0. The maximum atomic E-state index is 13.2. The van der Waals surface area contributed by atoms with Crippen molar-refractivity contribution in [1.82, 2.24) is 4.72 Å². The lowest BCUT2D eigenvalue weighted by molar-refractivity contribution is -0.135. The molecular weight excluding hydrogens is 286 g/mol. The Morgan fingerprint density at radius 1 is 1.11 bits per heavy atom. The van der Waals surface area contributed by atoms with Gasteiger partial charge in [0.1, 0.15) is 10.7 Å². The third kappa shape index (κ3) is 5.56. The molecule has 0 spiro atoms. The number of hydrogen-bond donors (Lipinski definition) is 1. The van der Waals surface area contributed by atoms with Crippen LogP contribution >= 0.6 is 0 Å². The van der Waals surface area contributed by atoms with Crippen LogP contribution in [0.5, 0.6) is 0 Å². The van der Waals surface area contributed by atoms with E-state index in [9.17, 15) is 26.0 Å². The fourth-order valence-electron chi connectivity index (χ4n) is 1.40. The molecule has 8 heteroatoms. The molecule has 1 aromatic rings. The smallest absolute Gasteiger partial charge is 0.211 e. The highest BCUT2D eigenvalue weighted by Gasteiger charge is 2.26.